The summed E-state index contributed by atoms with van der Waals surface area (Å²) in [6.45, 7) is 0. The number of terminal acetylenes is 1. The van der Waals surface area contributed by atoms with E-state index in [1.54, 1.807) is 0 Å². The van der Waals surface area contributed by atoms with E-state index in [0.717, 1.165) is 0 Å². The second kappa shape index (κ2) is 3.04. The molecule has 0 N–H and O–H groups in total. The summed E-state index contributed by atoms with van der Waals surface area (Å²) in [4.78, 5) is 0. The van der Waals surface area contributed by atoms with Crippen LogP contribution in [-0.2, 0) is 0 Å². The molecule has 0 rings (SSSR count). The monoisotopic (exact) mass is 120 g/mol. The number of halogens is 1. The van der Waals surface area contributed by atoms with Gasteiger partial charge in [0.25, 0.3) is 0 Å². The zero-order chi connectivity index (χ0) is 4.99. The van der Waals surface area contributed by atoms with Crippen LogP contribution in [0.2, 0.25) is 0 Å². The van der Waals surface area contributed by atoms with Crippen LogP contribution in [0.3, 0.4) is 0 Å². The molecule has 22 valence electrons. The molecule has 0 aromatic carbocycles. The van der Waals surface area contributed by atoms with E-state index < -0.39 is 5.31 Å². The molecular formula is C3H3Br. The number of hydrogen-bond acceptors (Lipinski definition) is 0. The van der Waals surface area contributed by atoms with Crippen molar-refractivity contribution in [2.75, 3.05) is 5.31 Å². The third-order valence-electron chi connectivity index (χ3n) is 0.0546. The molecule has 0 spiro atoms. The third kappa shape index (κ3) is 2.04. The van der Waals surface area contributed by atoms with E-state index in [1.165, 1.54) is 0 Å². The maximum absolute atomic E-state index is 6.60. The summed E-state index contributed by atoms with van der Waals surface area (Å²) in [6.07, 6.45) is 1.83. The Morgan fingerprint density at radius 3 is 3.50 bits per heavy atom. The van der Waals surface area contributed by atoms with Crippen LogP contribution in [0, 0.1) is 12.3 Å². The first-order chi connectivity index (χ1) is 2.77. The lowest BCUT2D eigenvalue weighted by atomic mass is 10.9. The van der Waals surface area contributed by atoms with Crippen LogP contribution >= 0.6 is 15.9 Å². The Morgan fingerprint density at radius 2 is 3.50 bits per heavy atom. The van der Waals surface area contributed by atoms with Gasteiger partial charge in [0.15, 0.2) is 0 Å². The summed E-state index contributed by atoms with van der Waals surface area (Å²) in [6, 6.07) is 0. The van der Waals surface area contributed by atoms with Gasteiger partial charge in [-0.1, -0.05) is 21.9 Å². The molecule has 0 aromatic rings. The van der Waals surface area contributed by atoms with Crippen LogP contribution in [0.5, 0.6) is 0 Å². The van der Waals surface area contributed by atoms with Crippen LogP contribution in [0.1, 0.15) is 2.74 Å². The summed E-state index contributed by atoms with van der Waals surface area (Å²) in [7, 11) is 0. The molecule has 0 amide bonds. The Balaban J connectivity index is 3.20. The fraction of sp³-hybridized carbons (Fsp3) is 0.333. The predicted molar refractivity (Wildman–Crippen MR) is 22.6 cm³/mol. The van der Waals surface area contributed by atoms with E-state index in [9.17, 15) is 0 Å². The van der Waals surface area contributed by atoms with Gasteiger partial charge in [-0.05, 0) is 0 Å². The van der Waals surface area contributed by atoms with Gasteiger partial charge in [-0.15, -0.1) is 6.40 Å². The van der Waals surface area contributed by atoms with Crippen molar-refractivity contribution in [2.24, 2.45) is 0 Å². The minimum Gasteiger partial charge on any atom is -0.119 e. The molecule has 0 fully saturated rings. The third-order valence-corrected chi connectivity index (χ3v) is 0.283. The minimum absolute atomic E-state index is 0.588. The van der Waals surface area contributed by atoms with Gasteiger partial charge in [0.1, 0.15) is 1.37 Å². The molecule has 0 aliphatic carbocycles. The van der Waals surface area contributed by atoms with E-state index >= 15 is 0 Å². The molecule has 4 heavy (non-hydrogen) atoms. The Bertz CT molecular complexity index is 78.5. The SMILES string of the molecule is [2H]C#CC([2H])Br. The van der Waals surface area contributed by atoms with Crippen LogP contribution < -0.4 is 0 Å². The molecule has 1 atom stereocenters. The van der Waals surface area contributed by atoms with Gasteiger partial charge >= 0.3 is 0 Å². The Labute approximate surface area is 37.1 Å². The Morgan fingerprint density at radius 1 is 2.75 bits per heavy atom. The molecule has 0 bridgehead atoms. The summed E-state index contributed by atoms with van der Waals surface area (Å²) >= 11 is 2.81. The maximum Gasteiger partial charge on any atom is 0.124 e. The van der Waals surface area contributed by atoms with Gasteiger partial charge in [0, 0.05) is 0 Å². The van der Waals surface area contributed by atoms with Crippen molar-refractivity contribution in [1.29, 1.82) is 0 Å². The molecule has 0 saturated carbocycles. The summed E-state index contributed by atoms with van der Waals surface area (Å²) in [5.41, 5.74) is 0. The fourth-order valence-corrected chi connectivity index (χ4v) is 0. The summed E-state index contributed by atoms with van der Waals surface area (Å²) in [5.74, 6) is 2.21. The molecule has 0 heterocycles. The van der Waals surface area contributed by atoms with Crippen molar-refractivity contribution < 1.29 is 2.74 Å². The smallest absolute Gasteiger partial charge is 0.119 e. The summed E-state index contributed by atoms with van der Waals surface area (Å²) in [5, 5.41) is -0.588. The van der Waals surface area contributed by atoms with Crippen molar-refractivity contribution in [3.63, 3.8) is 0 Å². The highest BCUT2D eigenvalue weighted by atomic mass is 79.9. The van der Waals surface area contributed by atoms with E-state index in [2.05, 4.69) is 21.9 Å². The first-order valence-corrected chi connectivity index (χ1v) is 1.67. The fourth-order valence-electron chi connectivity index (χ4n) is 0. The maximum atomic E-state index is 6.60. The number of hydrogen-bond donors (Lipinski definition) is 0. The van der Waals surface area contributed by atoms with Crippen LogP contribution in [-0.4, -0.2) is 5.31 Å². The average molecular weight is 121 g/mol. The first kappa shape index (κ1) is 1.47. The lowest BCUT2D eigenvalue weighted by Crippen LogP contribution is -1.45. The summed E-state index contributed by atoms with van der Waals surface area (Å²) < 4.78 is 12.8. The van der Waals surface area contributed by atoms with Crippen molar-refractivity contribution in [3.8, 4) is 12.3 Å². The van der Waals surface area contributed by atoms with Gasteiger partial charge in [-0.25, -0.2) is 0 Å². The highest BCUT2D eigenvalue weighted by molar-refractivity contribution is 9.09. The highest BCUT2D eigenvalue weighted by Crippen LogP contribution is 1.68. The second-order valence-electron chi connectivity index (χ2n) is 0.253. The van der Waals surface area contributed by atoms with E-state index in [4.69, 9.17) is 2.74 Å². The molecule has 0 radical (unpaired) electrons. The zero-order valence-corrected chi connectivity index (χ0v) is 3.54. The second-order valence-corrected chi connectivity index (χ2v) is 0.711. The molecule has 0 aromatic heterocycles. The van der Waals surface area contributed by atoms with Gasteiger partial charge < -0.3 is 0 Å². The quantitative estimate of drug-likeness (QED) is 0.331. The van der Waals surface area contributed by atoms with Crippen molar-refractivity contribution in [2.45, 2.75) is 0 Å². The van der Waals surface area contributed by atoms with E-state index in [1.807, 2.05) is 6.40 Å². The standard InChI is InChI=1S/C3H3Br/c1-2-3-4/h1H,3H2/i1D,3D. The normalized spacial score (nSPS) is 18.2. The molecule has 1 unspecified atom stereocenters. The van der Waals surface area contributed by atoms with Gasteiger partial charge in [0.05, 0.1) is 6.68 Å². The zero-order valence-electron chi connectivity index (χ0n) is 3.96. The van der Waals surface area contributed by atoms with Crippen LogP contribution in [0.25, 0.3) is 0 Å². The van der Waals surface area contributed by atoms with E-state index in [-0.39, 0.29) is 0 Å². The van der Waals surface area contributed by atoms with E-state index in [0.29, 0.717) is 0 Å². The lowest BCUT2D eigenvalue weighted by molar-refractivity contribution is 2.02. The van der Waals surface area contributed by atoms with Crippen LogP contribution in [0.15, 0.2) is 0 Å². The molecule has 0 saturated heterocycles. The predicted octanol–water partition coefficient (Wildman–Crippen LogP) is 1.01. The Kier molecular flexibility index (Phi) is 1.12. The number of alkyl halides is 1. The molecule has 1 heteroatoms. The molecule has 0 nitrogen and oxygen atoms in total. The first-order valence-electron chi connectivity index (χ1n) is 1.83. The molecule has 0 aliphatic rings. The van der Waals surface area contributed by atoms with Crippen molar-refractivity contribution in [1.82, 2.24) is 0 Å². The largest absolute Gasteiger partial charge is 0.124 e. The van der Waals surface area contributed by atoms with Crippen molar-refractivity contribution in [3.05, 3.63) is 0 Å². The van der Waals surface area contributed by atoms with Crippen LogP contribution in [0.4, 0.5) is 0 Å². The minimum atomic E-state index is -0.588. The average Bonchev–Trinajstić information content (AvgIpc) is 1.35. The molecular weight excluding hydrogens is 116 g/mol. The topological polar surface area (TPSA) is 0 Å². The molecule has 0 aliphatic heterocycles. The van der Waals surface area contributed by atoms with Gasteiger partial charge in [-0.3, -0.25) is 0 Å². The van der Waals surface area contributed by atoms with Gasteiger partial charge in [0.2, 0.25) is 0 Å². The van der Waals surface area contributed by atoms with Crippen molar-refractivity contribution >= 4 is 15.9 Å². The van der Waals surface area contributed by atoms with Gasteiger partial charge in [-0.2, -0.15) is 0 Å². The Hall–Kier alpha value is 0.0400. The lowest BCUT2D eigenvalue weighted by Gasteiger charge is -1.50. The number of rotatable bonds is 0. The highest BCUT2D eigenvalue weighted by Gasteiger charge is 1.46.